The van der Waals surface area contributed by atoms with Gasteiger partial charge in [0, 0.05) is 12.4 Å². The van der Waals surface area contributed by atoms with Gasteiger partial charge in [-0.1, -0.05) is 0 Å². The Balaban J connectivity index is 2.09. The Kier molecular flexibility index (Phi) is 3.43. The second-order valence-electron chi connectivity index (χ2n) is 2.92. The molecule has 2 rings (SSSR count). The van der Waals surface area contributed by atoms with E-state index in [1.165, 1.54) is 11.3 Å². The number of thiophene rings is 1. The number of imidazole rings is 1. The monoisotopic (exact) mass is 321 g/mol. The summed E-state index contributed by atoms with van der Waals surface area (Å²) in [4.78, 5) is 6.75. The molecule has 2 aromatic rings. The third kappa shape index (κ3) is 2.70. The van der Waals surface area contributed by atoms with Crippen molar-refractivity contribution in [3.05, 3.63) is 34.1 Å². The molecule has 0 saturated heterocycles. The van der Waals surface area contributed by atoms with Gasteiger partial charge in [-0.15, -0.1) is 11.3 Å². The Morgan fingerprint density at radius 1 is 1.50 bits per heavy atom. The zero-order chi connectivity index (χ0) is 11.6. The minimum Gasteiger partial charge on any atom is -0.347 e. The lowest BCUT2D eigenvalue weighted by atomic mass is 10.6. The van der Waals surface area contributed by atoms with Crippen LogP contribution in [0, 0.1) is 0 Å². The molecule has 0 aliphatic carbocycles. The first-order valence-corrected chi connectivity index (χ1v) is 7.40. The van der Waals surface area contributed by atoms with Crippen molar-refractivity contribution in [2.75, 3.05) is 0 Å². The van der Waals surface area contributed by atoms with Crippen molar-refractivity contribution in [3.63, 3.8) is 0 Å². The predicted octanol–water partition coefficient (Wildman–Crippen LogP) is 1.71. The van der Waals surface area contributed by atoms with Crippen LogP contribution in [-0.2, 0) is 16.6 Å². The van der Waals surface area contributed by atoms with Crippen molar-refractivity contribution in [3.8, 4) is 0 Å². The molecular formula is C8H8BrN3O2S2. The van der Waals surface area contributed by atoms with E-state index < -0.39 is 10.0 Å². The molecule has 0 aliphatic heterocycles. The summed E-state index contributed by atoms with van der Waals surface area (Å²) in [7, 11) is -3.44. The van der Waals surface area contributed by atoms with Gasteiger partial charge in [0.1, 0.15) is 10.0 Å². The van der Waals surface area contributed by atoms with Crippen molar-refractivity contribution < 1.29 is 8.42 Å². The number of aromatic nitrogens is 2. The summed E-state index contributed by atoms with van der Waals surface area (Å²) in [5.74, 6) is 0.583. The largest absolute Gasteiger partial charge is 0.347 e. The minimum atomic E-state index is -3.44. The van der Waals surface area contributed by atoms with Crippen LogP contribution in [0.5, 0.6) is 0 Å². The Bertz CT molecular complexity index is 562. The topological polar surface area (TPSA) is 74.8 Å². The molecule has 0 atom stereocenters. The van der Waals surface area contributed by atoms with Crippen molar-refractivity contribution in [1.29, 1.82) is 0 Å². The number of halogens is 1. The van der Waals surface area contributed by atoms with E-state index in [1.54, 1.807) is 24.5 Å². The SMILES string of the molecule is O=S(=O)(NCc1ncc[nH]1)c1ccc(Br)s1. The first-order chi connectivity index (χ1) is 7.58. The molecule has 0 unspecified atom stereocenters. The van der Waals surface area contributed by atoms with E-state index in [4.69, 9.17) is 0 Å². The van der Waals surface area contributed by atoms with Gasteiger partial charge in [0.05, 0.1) is 10.3 Å². The Morgan fingerprint density at radius 2 is 2.31 bits per heavy atom. The van der Waals surface area contributed by atoms with E-state index in [0.29, 0.717) is 5.82 Å². The van der Waals surface area contributed by atoms with E-state index in [-0.39, 0.29) is 10.8 Å². The third-order valence-corrected chi connectivity index (χ3v) is 5.31. The molecular weight excluding hydrogens is 314 g/mol. The number of hydrogen-bond donors (Lipinski definition) is 2. The molecule has 0 bridgehead atoms. The number of sulfonamides is 1. The zero-order valence-corrected chi connectivity index (χ0v) is 11.2. The zero-order valence-electron chi connectivity index (χ0n) is 7.97. The number of nitrogens with zero attached hydrogens (tertiary/aromatic N) is 1. The smallest absolute Gasteiger partial charge is 0.250 e. The number of nitrogens with one attached hydrogen (secondary N) is 2. The normalized spacial score (nSPS) is 11.8. The lowest BCUT2D eigenvalue weighted by Crippen LogP contribution is -2.22. The predicted molar refractivity (Wildman–Crippen MR) is 64.6 cm³/mol. The molecule has 8 heteroatoms. The summed E-state index contributed by atoms with van der Waals surface area (Å²) in [6.07, 6.45) is 3.22. The first-order valence-electron chi connectivity index (χ1n) is 4.31. The van der Waals surface area contributed by atoms with Crippen LogP contribution in [-0.4, -0.2) is 18.4 Å². The minimum absolute atomic E-state index is 0.158. The average molecular weight is 322 g/mol. The van der Waals surface area contributed by atoms with Crippen LogP contribution < -0.4 is 4.72 Å². The number of H-pyrrole nitrogens is 1. The van der Waals surface area contributed by atoms with Crippen molar-refractivity contribution in [1.82, 2.24) is 14.7 Å². The fraction of sp³-hybridized carbons (Fsp3) is 0.125. The molecule has 0 radical (unpaired) electrons. The fourth-order valence-corrected chi connectivity index (χ4v) is 4.11. The van der Waals surface area contributed by atoms with Crippen molar-refractivity contribution in [2.24, 2.45) is 0 Å². The maximum absolute atomic E-state index is 11.8. The standard InChI is InChI=1S/C8H8BrN3O2S2/c9-6-1-2-8(15-6)16(13,14)12-5-7-10-3-4-11-7/h1-4,12H,5H2,(H,10,11). The highest BCUT2D eigenvalue weighted by atomic mass is 79.9. The van der Waals surface area contributed by atoms with Crippen molar-refractivity contribution in [2.45, 2.75) is 10.8 Å². The van der Waals surface area contributed by atoms with E-state index in [1.807, 2.05) is 0 Å². The molecule has 0 spiro atoms. The quantitative estimate of drug-likeness (QED) is 0.900. The van der Waals surface area contributed by atoms with Crippen LogP contribution in [0.1, 0.15) is 5.82 Å². The molecule has 2 N–H and O–H groups in total. The van der Waals surface area contributed by atoms with Gasteiger partial charge in [0.2, 0.25) is 10.0 Å². The summed E-state index contributed by atoms with van der Waals surface area (Å²) in [6, 6.07) is 3.26. The Labute approximate surface area is 105 Å². The number of hydrogen-bond acceptors (Lipinski definition) is 4. The molecule has 0 aliphatic rings. The second kappa shape index (κ2) is 4.66. The molecule has 86 valence electrons. The van der Waals surface area contributed by atoms with Gasteiger partial charge >= 0.3 is 0 Å². The van der Waals surface area contributed by atoms with Crippen LogP contribution in [0.25, 0.3) is 0 Å². The summed E-state index contributed by atoms with van der Waals surface area (Å²) in [5.41, 5.74) is 0. The Morgan fingerprint density at radius 3 is 2.88 bits per heavy atom. The van der Waals surface area contributed by atoms with Gasteiger partial charge in [-0.25, -0.2) is 18.1 Å². The van der Waals surface area contributed by atoms with Crippen LogP contribution in [0.4, 0.5) is 0 Å². The molecule has 2 heterocycles. The maximum atomic E-state index is 11.8. The molecule has 2 aromatic heterocycles. The second-order valence-corrected chi connectivity index (χ2v) is 7.38. The highest BCUT2D eigenvalue weighted by molar-refractivity contribution is 9.11. The number of rotatable bonds is 4. The van der Waals surface area contributed by atoms with Crippen molar-refractivity contribution >= 4 is 37.3 Å². The Hall–Kier alpha value is -0.700. The molecule has 0 saturated carbocycles. The summed E-state index contributed by atoms with van der Waals surface area (Å²) >= 11 is 4.39. The van der Waals surface area contributed by atoms with E-state index >= 15 is 0 Å². The van der Waals surface area contributed by atoms with Gasteiger partial charge in [-0.3, -0.25) is 0 Å². The van der Waals surface area contributed by atoms with Crippen LogP contribution in [0.15, 0.2) is 32.5 Å². The van der Waals surface area contributed by atoms with E-state index in [0.717, 1.165) is 3.79 Å². The summed E-state index contributed by atoms with van der Waals surface area (Å²) < 4.78 is 27.1. The van der Waals surface area contributed by atoms with Gasteiger partial charge in [0.25, 0.3) is 0 Å². The summed E-state index contributed by atoms with van der Waals surface area (Å²) in [5, 5.41) is 0. The molecule has 5 nitrogen and oxygen atoms in total. The number of aromatic amines is 1. The van der Waals surface area contributed by atoms with Gasteiger partial charge in [0.15, 0.2) is 0 Å². The molecule has 0 amide bonds. The van der Waals surface area contributed by atoms with Crippen LogP contribution in [0.2, 0.25) is 0 Å². The highest BCUT2D eigenvalue weighted by Gasteiger charge is 2.16. The third-order valence-electron chi connectivity index (χ3n) is 1.80. The lowest BCUT2D eigenvalue weighted by molar-refractivity contribution is 0.582. The van der Waals surface area contributed by atoms with E-state index in [2.05, 4.69) is 30.6 Å². The first kappa shape index (κ1) is 11.8. The average Bonchev–Trinajstić information content (AvgIpc) is 2.85. The highest BCUT2D eigenvalue weighted by Crippen LogP contribution is 2.25. The lowest BCUT2D eigenvalue weighted by Gasteiger charge is -2.01. The van der Waals surface area contributed by atoms with E-state index in [9.17, 15) is 8.42 Å². The maximum Gasteiger partial charge on any atom is 0.250 e. The fourth-order valence-electron chi connectivity index (χ4n) is 1.07. The molecule has 0 aromatic carbocycles. The van der Waals surface area contributed by atoms with Crippen LogP contribution in [0.3, 0.4) is 0 Å². The van der Waals surface area contributed by atoms with Gasteiger partial charge in [-0.2, -0.15) is 0 Å². The molecule has 0 fully saturated rings. The van der Waals surface area contributed by atoms with Gasteiger partial charge in [-0.05, 0) is 28.1 Å². The van der Waals surface area contributed by atoms with Gasteiger partial charge < -0.3 is 4.98 Å². The molecule has 16 heavy (non-hydrogen) atoms. The summed E-state index contributed by atoms with van der Waals surface area (Å²) in [6.45, 7) is 0.158. The van der Waals surface area contributed by atoms with Crippen LogP contribution >= 0.6 is 27.3 Å².